The molecule has 1 unspecified atom stereocenters. The van der Waals surface area contributed by atoms with Gasteiger partial charge in [-0.05, 0) is 19.3 Å². The van der Waals surface area contributed by atoms with E-state index in [9.17, 15) is 5.11 Å². The third kappa shape index (κ3) is 1.33. The van der Waals surface area contributed by atoms with Crippen LogP contribution >= 0.6 is 0 Å². The summed E-state index contributed by atoms with van der Waals surface area (Å²) < 4.78 is 18.0. The molecule has 3 aliphatic heterocycles. The lowest BCUT2D eigenvalue weighted by Crippen LogP contribution is -2.55. The fourth-order valence-corrected chi connectivity index (χ4v) is 4.04. The van der Waals surface area contributed by atoms with Gasteiger partial charge in [-0.1, -0.05) is 13.3 Å². The minimum Gasteiger partial charge on any atom is -0.388 e. The largest absolute Gasteiger partial charge is 0.388 e. The zero-order chi connectivity index (χ0) is 11.6. The average Bonchev–Trinajstić information content (AvgIpc) is 3.04. The second kappa shape index (κ2) is 3.44. The first-order chi connectivity index (χ1) is 8.24. The number of epoxide rings is 1. The Labute approximate surface area is 101 Å². The first-order valence-electron chi connectivity index (χ1n) is 6.91. The maximum atomic E-state index is 10.0. The van der Waals surface area contributed by atoms with Gasteiger partial charge < -0.3 is 19.3 Å². The third-order valence-electron chi connectivity index (χ3n) is 4.88. The normalized spacial score (nSPS) is 59.6. The third-order valence-corrected chi connectivity index (χ3v) is 4.88. The summed E-state index contributed by atoms with van der Waals surface area (Å²) in [5, 5.41) is 10.0. The molecule has 1 saturated carbocycles. The molecule has 3 saturated heterocycles. The summed E-state index contributed by atoms with van der Waals surface area (Å²) in [6.07, 6.45) is 5.30. The molecule has 4 nitrogen and oxygen atoms in total. The lowest BCUT2D eigenvalue weighted by Gasteiger charge is -2.42. The van der Waals surface area contributed by atoms with Crippen molar-refractivity contribution in [2.75, 3.05) is 0 Å². The van der Waals surface area contributed by atoms with Crippen LogP contribution in [0.15, 0.2) is 0 Å². The van der Waals surface area contributed by atoms with Crippen molar-refractivity contribution in [2.24, 2.45) is 0 Å². The quantitative estimate of drug-likeness (QED) is 0.732. The molecule has 96 valence electrons. The Kier molecular flexibility index (Phi) is 2.17. The Hall–Kier alpha value is -0.160. The second-order valence-electron chi connectivity index (χ2n) is 5.94. The van der Waals surface area contributed by atoms with Gasteiger partial charge in [0.1, 0.15) is 23.9 Å². The molecule has 0 aromatic rings. The van der Waals surface area contributed by atoms with Gasteiger partial charge in [0.25, 0.3) is 0 Å². The van der Waals surface area contributed by atoms with E-state index in [0.29, 0.717) is 6.10 Å². The zero-order valence-electron chi connectivity index (χ0n) is 10.2. The molecule has 4 fully saturated rings. The number of ether oxygens (including phenoxy) is 3. The molecule has 3 heterocycles. The Balaban J connectivity index is 1.61. The van der Waals surface area contributed by atoms with Crippen LogP contribution in [0.2, 0.25) is 0 Å². The summed E-state index contributed by atoms with van der Waals surface area (Å²) in [6, 6.07) is 0. The van der Waals surface area contributed by atoms with E-state index >= 15 is 0 Å². The van der Waals surface area contributed by atoms with Crippen LogP contribution < -0.4 is 0 Å². The van der Waals surface area contributed by atoms with Gasteiger partial charge in [0, 0.05) is 6.42 Å². The second-order valence-corrected chi connectivity index (χ2v) is 5.94. The Morgan fingerprint density at radius 1 is 1.29 bits per heavy atom. The first kappa shape index (κ1) is 10.7. The smallest absolute Gasteiger partial charge is 0.126 e. The fourth-order valence-electron chi connectivity index (χ4n) is 4.04. The summed E-state index contributed by atoms with van der Waals surface area (Å²) in [5.74, 6) is 0. The lowest BCUT2D eigenvalue weighted by molar-refractivity contribution is -0.176. The molecule has 4 aliphatic rings. The number of aliphatic hydroxyl groups is 1. The minimum absolute atomic E-state index is 0.0286. The van der Waals surface area contributed by atoms with Gasteiger partial charge in [0.2, 0.25) is 0 Å². The van der Waals surface area contributed by atoms with E-state index < -0.39 is 6.10 Å². The van der Waals surface area contributed by atoms with Gasteiger partial charge in [0.15, 0.2) is 0 Å². The molecule has 0 amide bonds. The minimum atomic E-state index is -0.440. The molecule has 2 bridgehead atoms. The molecule has 7 atom stereocenters. The summed E-state index contributed by atoms with van der Waals surface area (Å²) in [6.45, 7) is 2.20. The van der Waals surface area contributed by atoms with Gasteiger partial charge in [-0.3, -0.25) is 0 Å². The van der Waals surface area contributed by atoms with Crippen LogP contribution in [0.4, 0.5) is 0 Å². The predicted octanol–water partition coefficient (Wildman–Crippen LogP) is 1.00. The number of fused-ring (bicyclic) bond motifs is 2. The highest BCUT2D eigenvalue weighted by Gasteiger charge is 2.72. The molecule has 4 heteroatoms. The zero-order valence-corrected chi connectivity index (χ0v) is 10.2. The summed E-state index contributed by atoms with van der Waals surface area (Å²) in [5.41, 5.74) is -0.230. The molecule has 1 N–H and O–H groups in total. The molecule has 1 aliphatic carbocycles. The summed E-state index contributed by atoms with van der Waals surface area (Å²) in [4.78, 5) is 0. The monoisotopic (exact) mass is 240 g/mol. The van der Waals surface area contributed by atoms with Gasteiger partial charge in [-0.2, -0.15) is 0 Å². The van der Waals surface area contributed by atoms with Crippen LogP contribution in [-0.4, -0.2) is 47.3 Å². The SMILES string of the molecule is CCC[C@H]1CC[C@@H]2O[C@@H]3C[C@@]2(O1)[C@H]1O[C@H]1C3O. The molecular weight excluding hydrogens is 220 g/mol. The molecule has 17 heavy (non-hydrogen) atoms. The van der Waals surface area contributed by atoms with Crippen LogP contribution in [0.3, 0.4) is 0 Å². The number of hydrogen-bond acceptors (Lipinski definition) is 4. The maximum absolute atomic E-state index is 10.0. The maximum Gasteiger partial charge on any atom is 0.126 e. The van der Waals surface area contributed by atoms with Gasteiger partial charge in [-0.15, -0.1) is 0 Å². The van der Waals surface area contributed by atoms with Crippen molar-refractivity contribution >= 4 is 0 Å². The van der Waals surface area contributed by atoms with Crippen LogP contribution in [0, 0.1) is 0 Å². The topological polar surface area (TPSA) is 51.2 Å². The van der Waals surface area contributed by atoms with E-state index in [1.807, 2.05) is 0 Å². The Bertz CT molecular complexity index is 333. The van der Waals surface area contributed by atoms with Gasteiger partial charge in [0.05, 0.1) is 18.3 Å². The Morgan fingerprint density at radius 2 is 2.18 bits per heavy atom. The van der Waals surface area contributed by atoms with E-state index in [2.05, 4.69) is 6.92 Å². The number of aliphatic hydroxyl groups excluding tert-OH is 1. The van der Waals surface area contributed by atoms with Crippen molar-refractivity contribution in [3.8, 4) is 0 Å². The first-order valence-corrected chi connectivity index (χ1v) is 6.91. The van der Waals surface area contributed by atoms with Gasteiger partial charge >= 0.3 is 0 Å². The molecule has 1 spiro atoms. The Morgan fingerprint density at radius 3 is 3.00 bits per heavy atom. The molecule has 0 radical (unpaired) electrons. The van der Waals surface area contributed by atoms with Gasteiger partial charge in [-0.25, -0.2) is 0 Å². The van der Waals surface area contributed by atoms with Crippen molar-refractivity contribution in [3.63, 3.8) is 0 Å². The highest BCUT2D eigenvalue weighted by Crippen LogP contribution is 2.56. The van der Waals surface area contributed by atoms with E-state index in [0.717, 1.165) is 32.1 Å². The summed E-state index contributed by atoms with van der Waals surface area (Å²) in [7, 11) is 0. The molecule has 0 aromatic carbocycles. The fraction of sp³-hybridized carbons (Fsp3) is 1.00. The van der Waals surface area contributed by atoms with E-state index in [4.69, 9.17) is 14.2 Å². The van der Waals surface area contributed by atoms with Crippen molar-refractivity contribution < 1.29 is 19.3 Å². The standard InChI is InChI=1S/C13H20O4/c1-2-3-7-4-5-9-13(17-7)6-8(15-9)10(14)11-12(13)16-11/h7-12,14H,2-6H2,1H3/t7-,8+,9-,10?,11-,12-,13-/m0/s1. The number of rotatable bonds is 2. The van der Waals surface area contributed by atoms with Crippen molar-refractivity contribution in [1.29, 1.82) is 0 Å². The van der Waals surface area contributed by atoms with Crippen LogP contribution in [0.1, 0.15) is 39.0 Å². The number of hydrogen-bond donors (Lipinski definition) is 1. The average molecular weight is 240 g/mol. The lowest BCUT2D eigenvalue weighted by atomic mass is 9.77. The van der Waals surface area contributed by atoms with E-state index in [1.54, 1.807) is 0 Å². The van der Waals surface area contributed by atoms with E-state index in [-0.39, 0.29) is 30.0 Å². The van der Waals surface area contributed by atoms with Crippen LogP contribution in [0.5, 0.6) is 0 Å². The predicted molar refractivity (Wildman–Crippen MR) is 59.7 cm³/mol. The molecular formula is C13H20O4. The van der Waals surface area contributed by atoms with Crippen LogP contribution in [0.25, 0.3) is 0 Å². The van der Waals surface area contributed by atoms with Crippen molar-refractivity contribution in [3.05, 3.63) is 0 Å². The highest BCUT2D eigenvalue weighted by atomic mass is 16.7. The van der Waals surface area contributed by atoms with E-state index in [1.165, 1.54) is 0 Å². The summed E-state index contributed by atoms with van der Waals surface area (Å²) >= 11 is 0. The van der Waals surface area contributed by atoms with Crippen molar-refractivity contribution in [2.45, 2.75) is 81.3 Å². The van der Waals surface area contributed by atoms with Crippen LogP contribution in [-0.2, 0) is 14.2 Å². The molecule has 4 rings (SSSR count). The molecule has 0 aromatic heterocycles. The highest BCUT2D eigenvalue weighted by molar-refractivity contribution is 5.20. The van der Waals surface area contributed by atoms with Crippen molar-refractivity contribution in [1.82, 2.24) is 0 Å².